The molecule has 1 unspecified atom stereocenters. The molecule has 0 bridgehead atoms. The number of para-hydroxylation sites is 1. The molecule has 2 aromatic rings. The van der Waals surface area contributed by atoms with Crippen LogP contribution in [0, 0.1) is 0 Å². The summed E-state index contributed by atoms with van der Waals surface area (Å²) in [5, 5.41) is 6.90. The summed E-state index contributed by atoms with van der Waals surface area (Å²) in [4.78, 5) is 17.5. The Morgan fingerprint density at radius 3 is 2.66 bits per heavy atom. The fourth-order valence-corrected chi connectivity index (χ4v) is 3.37. The van der Waals surface area contributed by atoms with Crippen molar-refractivity contribution >= 4 is 17.6 Å². The first kappa shape index (κ1) is 20.5. The van der Waals surface area contributed by atoms with Crippen LogP contribution in [0.4, 0.5) is 5.69 Å². The van der Waals surface area contributed by atoms with Crippen LogP contribution >= 0.6 is 0 Å². The number of ether oxygens (including phenoxy) is 1. The van der Waals surface area contributed by atoms with Gasteiger partial charge in [-0.1, -0.05) is 30.3 Å². The Hall–Kier alpha value is -3.22. The van der Waals surface area contributed by atoms with Crippen LogP contribution in [0.1, 0.15) is 12.0 Å². The van der Waals surface area contributed by atoms with E-state index in [1.165, 1.54) is 11.3 Å². The summed E-state index contributed by atoms with van der Waals surface area (Å²) in [6.45, 7) is 2.68. The molecule has 0 aromatic heterocycles. The lowest BCUT2D eigenvalue weighted by Crippen LogP contribution is -2.45. The fraction of sp³-hybridized carbons (Fsp3) is 0.364. The van der Waals surface area contributed by atoms with Crippen LogP contribution in [-0.4, -0.2) is 51.2 Å². The van der Waals surface area contributed by atoms with Gasteiger partial charge in [-0.05, 0) is 42.7 Å². The number of guanidine groups is 1. The van der Waals surface area contributed by atoms with Crippen molar-refractivity contribution < 1.29 is 9.53 Å². The van der Waals surface area contributed by atoms with Crippen molar-refractivity contribution in [2.45, 2.75) is 18.9 Å². The molecule has 1 saturated heterocycles. The van der Waals surface area contributed by atoms with Crippen LogP contribution in [0.3, 0.4) is 0 Å². The number of rotatable bonds is 8. The lowest BCUT2D eigenvalue weighted by molar-refractivity contribution is -0.119. The van der Waals surface area contributed by atoms with E-state index in [-0.39, 0.29) is 6.61 Å². The third kappa shape index (κ3) is 6.41. The van der Waals surface area contributed by atoms with Crippen LogP contribution in [0.2, 0.25) is 0 Å². The van der Waals surface area contributed by atoms with Gasteiger partial charge in [0.2, 0.25) is 0 Å². The number of anilines is 1. The number of nitrogens with zero attached hydrogens (tertiary/aromatic N) is 2. The highest BCUT2D eigenvalue weighted by molar-refractivity contribution is 5.80. The van der Waals surface area contributed by atoms with E-state index in [1.807, 2.05) is 30.3 Å². The van der Waals surface area contributed by atoms with Gasteiger partial charge in [0.1, 0.15) is 5.75 Å². The zero-order chi connectivity index (χ0) is 20.5. The van der Waals surface area contributed by atoms with Crippen LogP contribution in [-0.2, 0) is 11.2 Å². The number of hydrogen-bond donors (Lipinski definition) is 3. The summed E-state index contributed by atoms with van der Waals surface area (Å²) in [6.07, 6.45) is 1.94. The zero-order valence-electron chi connectivity index (χ0n) is 16.8. The number of amides is 1. The highest BCUT2D eigenvalue weighted by atomic mass is 16.5. The van der Waals surface area contributed by atoms with Gasteiger partial charge < -0.3 is 26.0 Å². The average Bonchev–Trinajstić information content (AvgIpc) is 3.21. The third-order valence-electron chi connectivity index (χ3n) is 4.88. The van der Waals surface area contributed by atoms with Crippen molar-refractivity contribution in [3.8, 4) is 5.75 Å². The first-order chi connectivity index (χ1) is 14.1. The molecule has 2 aromatic carbocycles. The van der Waals surface area contributed by atoms with E-state index in [0.29, 0.717) is 11.8 Å². The first-order valence-electron chi connectivity index (χ1n) is 9.91. The molecule has 1 fully saturated rings. The predicted octanol–water partition coefficient (Wildman–Crippen LogP) is 1.54. The van der Waals surface area contributed by atoms with E-state index in [1.54, 1.807) is 7.05 Å². The smallest absolute Gasteiger partial charge is 0.255 e. The van der Waals surface area contributed by atoms with Gasteiger partial charge in [0.05, 0.1) is 0 Å². The summed E-state index contributed by atoms with van der Waals surface area (Å²) < 4.78 is 5.27. The monoisotopic (exact) mass is 395 g/mol. The van der Waals surface area contributed by atoms with Gasteiger partial charge in [0.25, 0.3) is 5.91 Å². The molecule has 0 radical (unpaired) electrons. The minimum atomic E-state index is -0.480. The molecule has 4 N–H and O–H groups in total. The second-order valence-corrected chi connectivity index (χ2v) is 7.06. The van der Waals surface area contributed by atoms with Gasteiger partial charge >= 0.3 is 0 Å². The molecule has 0 spiro atoms. The van der Waals surface area contributed by atoms with E-state index in [4.69, 9.17) is 10.5 Å². The molecule has 3 rings (SSSR count). The Bertz CT molecular complexity index is 808. The molecule has 0 aliphatic carbocycles. The number of carbonyl (C=O) groups is 1. The van der Waals surface area contributed by atoms with Gasteiger partial charge in [-0.25, -0.2) is 0 Å². The molecule has 1 heterocycles. The van der Waals surface area contributed by atoms with Crippen LogP contribution in [0.15, 0.2) is 59.6 Å². The van der Waals surface area contributed by atoms with Gasteiger partial charge in [-0.3, -0.25) is 9.79 Å². The van der Waals surface area contributed by atoms with E-state index in [2.05, 4.69) is 44.8 Å². The summed E-state index contributed by atoms with van der Waals surface area (Å²) in [7, 11) is 1.80. The quantitative estimate of drug-likeness (QED) is 0.466. The van der Waals surface area contributed by atoms with Gasteiger partial charge in [0, 0.05) is 38.4 Å². The van der Waals surface area contributed by atoms with Crippen molar-refractivity contribution in [2.75, 3.05) is 38.2 Å². The maximum Gasteiger partial charge on any atom is 0.255 e. The molecular weight excluding hydrogens is 366 g/mol. The topological polar surface area (TPSA) is 92.0 Å². The molecular formula is C22H29N5O2. The van der Waals surface area contributed by atoms with Crippen molar-refractivity contribution in [3.05, 3.63) is 60.2 Å². The molecule has 7 heteroatoms. The molecule has 0 saturated carbocycles. The van der Waals surface area contributed by atoms with Crippen molar-refractivity contribution in [1.29, 1.82) is 0 Å². The van der Waals surface area contributed by atoms with Crippen LogP contribution < -0.4 is 26.0 Å². The predicted molar refractivity (Wildman–Crippen MR) is 116 cm³/mol. The van der Waals surface area contributed by atoms with Crippen molar-refractivity contribution in [3.63, 3.8) is 0 Å². The number of nitrogens with two attached hydrogens (primary N) is 1. The number of nitrogens with one attached hydrogen (secondary N) is 2. The Labute approximate surface area is 172 Å². The standard InChI is InChI=1S/C22H29N5O2/c1-24-22(26-18-12-14-27(15-18)19-5-3-2-4-6-19)25-13-11-17-7-9-20(10-8-17)29-16-21(23)28/h2-10,18H,11-16H2,1H3,(H2,23,28)(H2,24,25,26). The zero-order valence-corrected chi connectivity index (χ0v) is 16.8. The Morgan fingerprint density at radius 1 is 1.21 bits per heavy atom. The minimum absolute atomic E-state index is 0.105. The fourth-order valence-electron chi connectivity index (χ4n) is 3.37. The lowest BCUT2D eigenvalue weighted by atomic mass is 10.1. The second kappa shape index (κ2) is 10.4. The van der Waals surface area contributed by atoms with Gasteiger partial charge in [-0.15, -0.1) is 0 Å². The van der Waals surface area contributed by atoms with Gasteiger partial charge in [0.15, 0.2) is 12.6 Å². The molecule has 1 aliphatic heterocycles. The first-order valence-corrected chi connectivity index (χ1v) is 9.91. The number of hydrogen-bond acceptors (Lipinski definition) is 4. The van der Waals surface area contributed by atoms with E-state index in [0.717, 1.165) is 38.4 Å². The third-order valence-corrected chi connectivity index (χ3v) is 4.88. The maximum absolute atomic E-state index is 10.8. The van der Waals surface area contributed by atoms with Gasteiger partial charge in [-0.2, -0.15) is 0 Å². The summed E-state index contributed by atoms with van der Waals surface area (Å²) in [5.41, 5.74) is 7.52. The number of aliphatic imine (C=N–C) groups is 1. The normalized spacial score (nSPS) is 16.5. The number of primary amides is 1. The summed E-state index contributed by atoms with van der Waals surface area (Å²) in [5.74, 6) is 0.986. The Balaban J connectivity index is 1.40. The largest absolute Gasteiger partial charge is 0.484 e. The summed E-state index contributed by atoms with van der Waals surface area (Å²) in [6, 6.07) is 18.6. The molecule has 1 atom stereocenters. The van der Waals surface area contributed by atoms with E-state index < -0.39 is 5.91 Å². The lowest BCUT2D eigenvalue weighted by Gasteiger charge is -2.20. The van der Waals surface area contributed by atoms with Crippen LogP contribution in [0.5, 0.6) is 5.75 Å². The number of benzene rings is 2. The highest BCUT2D eigenvalue weighted by Crippen LogP contribution is 2.19. The summed E-state index contributed by atoms with van der Waals surface area (Å²) >= 11 is 0. The molecule has 1 aliphatic rings. The van der Waals surface area contributed by atoms with E-state index >= 15 is 0 Å². The maximum atomic E-state index is 10.8. The van der Waals surface area contributed by atoms with Crippen LogP contribution in [0.25, 0.3) is 0 Å². The van der Waals surface area contributed by atoms with E-state index in [9.17, 15) is 4.79 Å². The molecule has 7 nitrogen and oxygen atoms in total. The SMILES string of the molecule is CN=C(NCCc1ccc(OCC(N)=O)cc1)NC1CCN(c2ccccc2)C1. The highest BCUT2D eigenvalue weighted by Gasteiger charge is 2.23. The Morgan fingerprint density at radius 2 is 1.97 bits per heavy atom. The minimum Gasteiger partial charge on any atom is -0.484 e. The molecule has 1 amide bonds. The Kier molecular flexibility index (Phi) is 7.33. The molecule has 29 heavy (non-hydrogen) atoms. The molecule has 154 valence electrons. The van der Waals surface area contributed by atoms with Crippen molar-refractivity contribution in [2.24, 2.45) is 10.7 Å². The second-order valence-electron chi connectivity index (χ2n) is 7.06. The number of carbonyl (C=O) groups excluding carboxylic acids is 1. The van der Waals surface area contributed by atoms with Crippen molar-refractivity contribution in [1.82, 2.24) is 10.6 Å². The average molecular weight is 396 g/mol.